The highest BCUT2D eigenvalue weighted by atomic mass is 28.3. The number of hydrogen-bond acceptors (Lipinski definition) is 3. The standard InChI is InChI=1S/C17H21N2OSi/c1-13-9-10-15(19-11-13)12-18-14(2)16-7-5-6-8-17(16)20-21(3)4/h5-12,14H,1-4H3. The van der Waals surface area contributed by atoms with E-state index in [1.165, 1.54) is 0 Å². The van der Waals surface area contributed by atoms with E-state index in [1.54, 1.807) is 0 Å². The van der Waals surface area contributed by atoms with Gasteiger partial charge >= 0.3 is 0 Å². The third-order valence-electron chi connectivity index (χ3n) is 3.05. The topological polar surface area (TPSA) is 34.5 Å². The van der Waals surface area contributed by atoms with Gasteiger partial charge in [0.25, 0.3) is 9.04 Å². The molecule has 1 atom stereocenters. The van der Waals surface area contributed by atoms with Gasteiger partial charge in [-0.2, -0.15) is 0 Å². The molecule has 1 heterocycles. The molecule has 0 spiro atoms. The summed E-state index contributed by atoms with van der Waals surface area (Å²) in [6, 6.07) is 12.2. The van der Waals surface area contributed by atoms with Crippen LogP contribution in [0.4, 0.5) is 0 Å². The SMILES string of the molecule is Cc1ccc(C=NC(C)c2ccccc2O[Si](C)C)nc1. The third-order valence-corrected chi connectivity index (χ3v) is 3.68. The van der Waals surface area contributed by atoms with E-state index < -0.39 is 9.04 Å². The van der Waals surface area contributed by atoms with Gasteiger partial charge in [-0.25, -0.2) is 0 Å². The van der Waals surface area contributed by atoms with Crippen LogP contribution >= 0.6 is 0 Å². The van der Waals surface area contributed by atoms with Crippen molar-refractivity contribution in [3.63, 3.8) is 0 Å². The molecule has 0 N–H and O–H groups in total. The van der Waals surface area contributed by atoms with Crippen molar-refractivity contribution in [1.29, 1.82) is 0 Å². The molecule has 1 unspecified atom stereocenters. The molecule has 0 bridgehead atoms. The Morgan fingerprint density at radius 1 is 1.19 bits per heavy atom. The van der Waals surface area contributed by atoms with E-state index in [-0.39, 0.29) is 6.04 Å². The van der Waals surface area contributed by atoms with Gasteiger partial charge in [0.05, 0.1) is 11.7 Å². The minimum absolute atomic E-state index is 0.0469. The summed E-state index contributed by atoms with van der Waals surface area (Å²) in [5.74, 6) is 0.943. The molecular weight excluding hydrogens is 276 g/mol. The molecule has 0 saturated heterocycles. The molecule has 2 aromatic rings. The monoisotopic (exact) mass is 297 g/mol. The normalized spacial score (nSPS) is 12.8. The maximum atomic E-state index is 5.95. The summed E-state index contributed by atoms with van der Waals surface area (Å²) >= 11 is 0. The molecule has 2 rings (SSSR count). The maximum Gasteiger partial charge on any atom is 0.274 e. The maximum absolute atomic E-state index is 5.95. The van der Waals surface area contributed by atoms with E-state index in [2.05, 4.69) is 36.1 Å². The highest BCUT2D eigenvalue weighted by Crippen LogP contribution is 2.27. The zero-order chi connectivity index (χ0) is 15.2. The van der Waals surface area contributed by atoms with Gasteiger partial charge in [-0.05, 0) is 44.6 Å². The van der Waals surface area contributed by atoms with Gasteiger partial charge in [0.1, 0.15) is 5.75 Å². The van der Waals surface area contributed by atoms with Crippen molar-refractivity contribution in [3.8, 4) is 5.75 Å². The van der Waals surface area contributed by atoms with Crippen LogP contribution in [-0.4, -0.2) is 20.2 Å². The van der Waals surface area contributed by atoms with Crippen LogP contribution in [0.1, 0.15) is 29.8 Å². The zero-order valence-electron chi connectivity index (χ0n) is 13.0. The lowest BCUT2D eigenvalue weighted by Crippen LogP contribution is -2.13. The first-order valence-corrected chi connectivity index (χ1v) is 9.50. The first-order chi connectivity index (χ1) is 10.1. The van der Waals surface area contributed by atoms with Crippen molar-refractivity contribution in [2.75, 3.05) is 0 Å². The van der Waals surface area contributed by atoms with Crippen LogP contribution in [0.5, 0.6) is 5.75 Å². The summed E-state index contributed by atoms with van der Waals surface area (Å²) in [5, 5.41) is 0. The van der Waals surface area contributed by atoms with Gasteiger partial charge < -0.3 is 4.43 Å². The number of hydrogen-bond donors (Lipinski definition) is 0. The fourth-order valence-electron chi connectivity index (χ4n) is 1.96. The number of aromatic nitrogens is 1. The lowest BCUT2D eigenvalue weighted by atomic mass is 10.1. The summed E-state index contributed by atoms with van der Waals surface area (Å²) in [5.41, 5.74) is 3.15. The average molecular weight is 297 g/mol. The molecule has 109 valence electrons. The predicted molar refractivity (Wildman–Crippen MR) is 89.5 cm³/mol. The Kier molecular flexibility index (Phi) is 5.28. The molecule has 0 aliphatic carbocycles. The molecule has 0 aliphatic heterocycles. The third kappa shape index (κ3) is 4.53. The van der Waals surface area contributed by atoms with Crippen LogP contribution in [0.15, 0.2) is 47.6 Å². The second-order valence-corrected chi connectivity index (χ2v) is 7.28. The highest BCUT2D eigenvalue weighted by Gasteiger charge is 2.11. The number of para-hydroxylation sites is 1. The number of aryl methyl sites for hydroxylation is 1. The molecule has 1 aromatic heterocycles. The lowest BCUT2D eigenvalue weighted by Gasteiger charge is -2.15. The van der Waals surface area contributed by atoms with E-state index in [1.807, 2.05) is 49.7 Å². The van der Waals surface area contributed by atoms with E-state index >= 15 is 0 Å². The van der Waals surface area contributed by atoms with Crippen LogP contribution in [-0.2, 0) is 0 Å². The van der Waals surface area contributed by atoms with Crippen LogP contribution in [0.3, 0.4) is 0 Å². The fraction of sp³-hybridized carbons (Fsp3) is 0.294. The molecule has 4 heteroatoms. The Morgan fingerprint density at radius 3 is 2.62 bits per heavy atom. The molecule has 0 amide bonds. The van der Waals surface area contributed by atoms with E-state index in [0.717, 1.165) is 22.6 Å². The minimum atomic E-state index is -0.777. The van der Waals surface area contributed by atoms with Crippen molar-refractivity contribution < 1.29 is 4.43 Å². The number of benzene rings is 1. The number of pyridine rings is 1. The molecule has 0 fully saturated rings. The Balaban J connectivity index is 2.16. The van der Waals surface area contributed by atoms with Gasteiger partial charge in [-0.15, -0.1) is 0 Å². The van der Waals surface area contributed by atoms with Crippen molar-refractivity contribution >= 4 is 15.3 Å². The minimum Gasteiger partial charge on any atom is -0.542 e. The number of rotatable bonds is 5. The highest BCUT2D eigenvalue weighted by molar-refractivity contribution is 6.49. The average Bonchev–Trinajstić information content (AvgIpc) is 2.46. The fourth-order valence-corrected chi connectivity index (χ4v) is 2.59. The quantitative estimate of drug-likeness (QED) is 0.612. The van der Waals surface area contributed by atoms with Gasteiger partial charge in [-0.3, -0.25) is 9.98 Å². The van der Waals surface area contributed by atoms with Gasteiger partial charge in [-0.1, -0.05) is 24.3 Å². The molecule has 21 heavy (non-hydrogen) atoms. The van der Waals surface area contributed by atoms with Crippen LogP contribution in [0.2, 0.25) is 13.1 Å². The largest absolute Gasteiger partial charge is 0.542 e. The number of aliphatic imine (C=N–C) groups is 1. The Hall–Kier alpha value is -1.94. The first kappa shape index (κ1) is 15.4. The van der Waals surface area contributed by atoms with E-state index in [0.29, 0.717) is 0 Å². The number of nitrogens with zero attached hydrogens (tertiary/aromatic N) is 2. The zero-order valence-corrected chi connectivity index (χ0v) is 14.0. The molecule has 3 nitrogen and oxygen atoms in total. The second-order valence-electron chi connectivity index (χ2n) is 5.26. The van der Waals surface area contributed by atoms with Crippen molar-refractivity contribution in [3.05, 3.63) is 59.4 Å². The van der Waals surface area contributed by atoms with Crippen molar-refractivity contribution in [1.82, 2.24) is 4.98 Å². The Morgan fingerprint density at radius 2 is 1.95 bits per heavy atom. The first-order valence-electron chi connectivity index (χ1n) is 7.09. The van der Waals surface area contributed by atoms with Gasteiger partial charge in [0.15, 0.2) is 0 Å². The molecule has 0 saturated carbocycles. The molecular formula is C17H21N2OSi. The Bertz CT molecular complexity index is 608. The van der Waals surface area contributed by atoms with E-state index in [4.69, 9.17) is 4.43 Å². The van der Waals surface area contributed by atoms with Gasteiger partial charge in [0, 0.05) is 18.0 Å². The smallest absolute Gasteiger partial charge is 0.274 e. The summed E-state index contributed by atoms with van der Waals surface area (Å²) in [4.78, 5) is 8.95. The van der Waals surface area contributed by atoms with E-state index in [9.17, 15) is 0 Å². The van der Waals surface area contributed by atoms with Crippen LogP contribution in [0.25, 0.3) is 0 Å². The summed E-state index contributed by atoms with van der Waals surface area (Å²) in [7, 11) is -0.777. The van der Waals surface area contributed by atoms with Gasteiger partial charge in [0.2, 0.25) is 0 Å². The second kappa shape index (κ2) is 7.18. The summed E-state index contributed by atoms with van der Waals surface area (Å²) in [6.45, 7) is 8.36. The van der Waals surface area contributed by atoms with Crippen LogP contribution in [0, 0.1) is 6.92 Å². The molecule has 1 aromatic carbocycles. The molecule has 0 aliphatic rings. The summed E-state index contributed by atoms with van der Waals surface area (Å²) < 4.78 is 5.95. The predicted octanol–water partition coefficient (Wildman–Crippen LogP) is 4.20. The lowest BCUT2D eigenvalue weighted by molar-refractivity contribution is 0.564. The van der Waals surface area contributed by atoms with Crippen molar-refractivity contribution in [2.45, 2.75) is 33.0 Å². The van der Waals surface area contributed by atoms with Crippen molar-refractivity contribution in [2.24, 2.45) is 4.99 Å². The Labute approximate surface area is 128 Å². The summed E-state index contributed by atoms with van der Waals surface area (Å²) in [6.07, 6.45) is 3.68. The van der Waals surface area contributed by atoms with Crippen LogP contribution < -0.4 is 4.43 Å². The molecule has 1 radical (unpaired) electrons.